The molecule has 144 valence electrons. The summed E-state index contributed by atoms with van der Waals surface area (Å²) in [5.74, 6) is -1.07. The van der Waals surface area contributed by atoms with Crippen molar-refractivity contribution in [3.63, 3.8) is 0 Å². The van der Waals surface area contributed by atoms with Crippen LogP contribution in [0.2, 0.25) is 0 Å². The average Bonchev–Trinajstić information content (AvgIpc) is 2.59. The van der Waals surface area contributed by atoms with Gasteiger partial charge in [0.25, 0.3) is 0 Å². The van der Waals surface area contributed by atoms with Crippen LogP contribution in [0, 0.1) is 0 Å². The van der Waals surface area contributed by atoms with Crippen LogP contribution in [0.15, 0.2) is 30.3 Å². The zero-order valence-corrected chi connectivity index (χ0v) is 16.0. The molecule has 26 heavy (non-hydrogen) atoms. The molecule has 0 spiro atoms. The molecule has 7 heteroatoms. The van der Waals surface area contributed by atoms with Crippen LogP contribution in [-0.4, -0.2) is 48.7 Å². The molecule has 0 aromatic heterocycles. The third-order valence-electron chi connectivity index (χ3n) is 3.49. The second-order valence-electron chi connectivity index (χ2n) is 6.82. The van der Waals surface area contributed by atoms with Gasteiger partial charge in [0.2, 0.25) is 0 Å². The molecule has 0 bridgehead atoms. The van der Waals surface area contributed by atoms with E-state index in [4.69, 9.17) is 9.47 Å². The third-order valence-corrected chi connectivity index (χ3v) is 3.49. The predicted molar refractivity (Wildman–Crippen MR) is 95.3 cm³/mol. The number of rotatable bonds is 7. The highest BCUT2D eigenvalue weighted by Gasteiger charge is 2.32. The molecule has 0 saturated heterocycles. The molecule has 1 atom stereocenters. The number of benzene rings is 1. The molecule has 0 aliphatic carbocycles. The Hall–Kier alpha value is -2.57. The zero-order chi connectivity index (χ0) is 19.7. The van der Waals surface area contributed by atoms with E-state index in [-0.39, 0.29) is 19.4 Å². The summed E-state index contributed by atoms with van der Waals surface area (Å²) in [6, 6.07) is 8.24. The lowest BCUT2D eigenvalue weighted by Gasteiger charge is -2.29. The van der Waals surface area contributed by atoms with Gasteiger partial charge in [0.15, 0.2) is 0 Å². The van der Waals surface area contributed by atoms with Crippen LogP contribution in [0.25, 0.3) is 0 Å². The fourth-order valence-electron chi connectivity index (χ4n) is 2.11. The standard InChI is InChI=1S/C19H27NO6/c1-19(2,3)26-18(23)20(4)15(11-12-16(21)24-5)17(22)25-13-14-9-7-6-8-10-14/h6-10,15H,11-13H2,1-5H3/t15-/m0/s1. The van der Waals surface area contributed by atoms with Crippen molar-refractivity contribution in [3.05, 3.63) is 35.9 Å². The minimum absolute atomic E-state index is 0.0191. The Bertz CT molecular complexity index is 608. The number of ether oxygens (including phenoxy) is 3. The SMILES string of the molecule is COC(=O)CC[C@@H](C(=O)OCc1ccccc1)N(C)C(=O)OC(C)(C)C. The van der Waals surface area contributed by atoms with Crippen LogP contribution in [0.5, 0.6) is 0 Å². The zero-order valence-electron chi connectivity index (χ0n) is 16.0. The van der Waals surface area contributed by atoms with Gasteiger partial charge in [-0.2, -0.15) is 0 Å². The summed E-state index contributed by atoms with van der Waals surface area (Å²) in [4.78, 5) is 37.4. The summed E-state index contributed by atoms with van der Waals surface area (Å²) in [6.45, 7) is 5.28. The highest BCUT2D eigenvalue weighted by atomic mass is 16.6. The minimum Gasteiger partial charge on any atom is -0.469 e. The number of hydrogen-bond donors (Lipinski definition) is 0. The van der Waals surface area contributed by atoms with Crippen molar-refractivity contribution >= 4 is 18.0 Å². The molecule has 7 nitrogen and oxygen atoms in total. The maximum atomic E-state index is 12.5. The van der Waals surface area contributed by atoms with Crippen molar-refractivity contribution in [2.45, 2.75) is 51.9 Å². The Kier molecular flexibility index (Phi) is 8.09. The Labute approximate surface area is 154 Å². The van der Waals surface area contributed by atoms with Gasteiger partial charge in [-0.25, -0.2) is 9.59 Å². The molecular weight excluding hydrogens is 338 g/mol. The van der Waals surface area contributed by atoms with Crippen molar-refractivity contribution in [2.24, 2.45) is 0 Å². The van der Waals surface area contributed by atoms with E-state index < -0.39 is 29.7 Å². The van der Waals surface area contributed by atoms with E-state index in [9.17, 15) is 14.4 Å². The van der Waals surface area contributed by atoms with E-state index in [1.807, 2.05) is 30.3 Å². The lowest BCUT2D eigenvalue weighted by molar-refractivity contribution is -0.151. The number of carbonyl (C=O) groups excluding carboxylic acids is 3. The molecule has 0 fully saturated rings. The third kappa shape index (κ3) is 7.55. The summed E-state index contributed by atoms with van der Waals surface area (Å²) in [5, 5.41) is 0. The number of amides is 1. The maximum absolute atomic E-state index is 12.5. The molecule has 1 amide bonds. The molecule has 0 aliphatic heterocycles. The monoisotopic (exact) mass is 365 g/mol. The van der Waals surface area contributed by atoms with E-state index in [2.05, 4.69) is 4.74 Å². The van der Waals surface area contributed by atoms with Crippen molar-refractivity contribution in [2.75, 3.05) is 14.2 Å². The van der Waals surface area contributed by atoms with Gasteiger partial charge < -0.3 is 14.2 Å². The molecule has 0 radical (unpaired) electrons. The van der Waals surface area contributed by atoms with E-state index in [1.54, 1.807) is 20.8 Å². The predicted octanol–water partition coefficient (Wildman–Crippen LogP) is 2.92. The molecule has 0 heterocycles. The Balaban J connectivity index is 2.80. The molecular formula is C19H27NO6. The number of esters is 2. The molecule has 0 aliphatic rings. The summed E-state index contributed by atoms with van der Waals surface area (Å²) in [6.07, 6.45) is -0.603. The second kappa shape index (κ2) is 9.79. The number of hydrogen-bond acceptors (Lipinski definition) is 6. The number of methoxy groups -OCH3 is 1. The van der Waals surface area contributed by atoms with Crippen LogP contribution >= 0.6 is 0 Å². The van der Waals surface area contributed by atoms with Crippen LogP contribution < -0.4 is 0 Å². The van der Waals surface area contributed by atoms with E-state index >= 15 is 0 Å². The van der Waals surface area contributed by atoms with Gasteiger partial charge >= 0.3 is 18.0 Å². The van der Waals surface area contributed by atoms with E-state index in [0.717, 1.165) is 10.5 Å². The highest BCUT2D eigenvalue weighted by Crippen LogP contribution is 2.15. The quantitative estimate of drug-likeness (QED) is 0.546. The molecule has 0 N–H and O–H groups in total. The molecule has 1 aromatic carbocycles. The summed E-state index contributed by atoms with van der Waals surface area (Å²) in [7, 11) is 2.71. The van der Waals surface area contributed by atoms with Crippen molar-refractivity contribution < 1.29 is 28.6 Å². The second-order valence-corrected chi connectivity index (χ2v) is 6.82. The first-order valence-corrected chi connectivity index (χ1v) is 8.37. The summed E-state index contributed by atoms with van der Waals surface area (Å²) in [5.41, 5.74) is 0.124. The Morgan fingerprint density at radius 2 is 1.73 bits per heavy atom. The Morgan fingerprint density at radius 1 is 1.12 bits per heavy atom. The summed E-state index contributed by atoms with van der Waals surface area (Å²) < 4.78 is 15.2. The molecule has 1 aromatic rings. The summed E-state index contributed by atoms with van der Waals surface area (Å²) >= 11 is 0. The first-order valence-electron chi connectivity index (χ1n) is 8.37. The average molecular weight is 365 g/mol. The molecule has 1 rings (SSSR count). The highest BCUT2D eigenvalue weighted by molar-refractivity contribution is 5.82. The van der Waals surface area contributed by atoms with Crippen LogP contribution in [-0.2, 0) is 30.4 Å². The van der Waals surface area contributed by atoms with Gasteiger partial charge in [-0.1, -0.05) is 30.3 Å². The molecule has 0 saturated carbocycles. The van der Waals surface area contributed by atoms with Crippen LogP contribution in [0.3, 0.4) is 0 Å². The normalized spacial score (nSPS) is 12.0. The van der Waals surface area contributed by atoms with Crippen molar-refractivity contribution in [1.29, 1.82) is 0 Å². The lowest BCUT2D eigenvalue weighted by atomic mass is 10.1. The minimum atomic E-state index is -0.951. The number of carbonyl (C=O) groups is 3. The van der Waals surface area contributed by atoms with Gasteiger partial charge in [0.1, 0.15) is 18.2 Å². The maximum Gasteiger partial charge on any atom is 0.410 e. The smallest absolute Gasteiger partial charge is 0.410 e. The fraction of sp³-hybridized carbons (Fsp3) is 0.526. The van der Waals surface area contributed by atoms with Gasteiger partial charge in [-0.15, -0.1) is 0 Å². The number of nitrogens with zero attached hydrogens (tertiary/aromatic N) is 1. The molecule has 0 unspecified atom stereocenters. The first kappa shape index (κ1) is 21.5. The largest absolute Gasteiger partial charge is 0.469 e. The van der Waals surface area contributed by atoms with Gasteiger partial charge in [-0.3, -0.25) is 9.69 Å². The van der Waals surface area contributed by atoms with Gasteiger partial charge in [-0.05, 0) is 32.8 Å². The van der Waals surface area contributed by atoms with E-state index in [1.165, 1.54) is 14.2 Å². The lowest BCUT2D eigenvalue weighted by Crippen LogP contribution is -2.45. The first-order chi connectivity index (χ1) is 12.1. The fourth-order valence-corrected chi connectivity index (χ4v) is 2.11. The van der Waals surface area contributed by atoms with Crippen LogP contribution in [0.4, 0.5) is 4.79 Å². The van der Waals surface area contributed by atoms with Crippen LogP contribution in [0.1, 0.15) is 39.2 Å². The Morgan fingerprint density at radius 3 is 2.27 bits per heavy atom. The van der Waals surface area contributed by atoms with E-state index in [0.29, 0.717) is 0 Å². The van der Waals surface area contributed by atoms with Crippen molar-refractivity contribution in [3.8, 4) is 0 Å². The van der Waals surface area contributed by atoms with Gasteiger partial charge in [0.05, 0.1) is 7.11 Å². The topological polar surface area (TPSA) is 82.1 Å². The number of likely N-dealkylation sites (N-methyl/N-ethyl adjacent to an activating group) is 1. The van der Waals surface area contributed by atoms with Crippen molar-refractivity contribution in [1.82, 2.24) is 4.90 Å². The van der Waals surface area contributed by atoms with Gasteiger partial charge in [0, 0.05) is 13.5 Å².